The number of hydrogen-bond donors (Lipinski definition) is 2. The summed E-state index contributed by atoms with van der Waals surface area (Å²) in [5, 5.41) is 17.3. The van der Waals surface area contributed by atoms with E-state index in [2.05, 4.69) is 0 Å². The van der Waals surface area contributed by atoms with Gasteiger partial charge in [-0.25, -0.2) is 0 Å². The second-order valence-corrected chi connectivity index (χ2v) is 2.20. The van der Waals surface area contributed by atoms with Crippen molar-refractivity contribution in [2.24, 2.45) is 5.73 Å². The zero-order valence-electron chi connectivity index (χ0n) is 5.86. The van der Waals surface area contributed by atoms with Crippen molar-refractivity contribution in [2.45, 2.75) is 6.04 Å². The number of phenolic OH excluding ortho intramolecular Hbond substituents is 1. The van der Waals surface area contributed by atoms with Crippen molar-refractivity contribution in [2.75, 3.05) is 0 Å². The maximum atomic E-state index is 8.89. The third kappa shape index (κ3) is 1.69. The molecule has 56 valence electrons. The first-order chi connectivity index (χ1) is 5.24. The Labute approximate surface area is 64.7 Å². The molecule has 0 aliphatic carbocycles. The lowest BCUT2D eigenvalue weighted by atomic mass is 10.1. The normalized spacial score (nSPS) is 12.0. The average molecular weight is 148 g/mol. The third-order valence-electron chi connectivity index (χ3n) is 1.39. The standard InChI is InChI=1S/C8H8N2O/c9-5-8(10)6-1-3-7(11)4-2-6/h1-4,8,11H,10H2/t8-/m1/s1. The maximum absolute atomic E-state index is 8.89. The van der Waals surface area contributed by atoms with Crippen LogP contribution in [0, 0.1) is 11.3 Å². The molecule has 3 heteroatoms. The van der Waals surface area contributed by atoms with Crippen LogP contribution >= 0.6 is 0 Å². The van der Waals surface area contributed by atoms with Crippen LogP contribution in [0.1, 0.15) is 11.6 Å². The fourth-order valence-corrected chi connectivity index (χ4v) is 0.756. The number of nitrogens with zero attached hydrogens (tertiary/aromatic N) is 1. The average Bonchev–Trinajstić information content (AvgIpc) is 2.05. The summed E-state index contributed by atoms with van der Waals surface area (Å²) in [5.41, 5.74) is 6.11. The molecule has 11 heavy (non-hydrogen) atoms. The van der Waals surface area contributed by atoms with E-state index < -0.39 is 6.04 Å². The van der Waals surface area contributed by atoms with Gasteiger partial charge >= 0.3 is 0 Å². The summed E-state index contributed by atoms with van der Waals surface area (Å²) < 4.78 is 0. The van der Waals surface area contributed by atoms with Crippen LogP contribution in [0.2, 0.25) is 0 Å². The largest absolute Gasteiger partial charge is 0.508 e. The van der Waals surface area contributed by atoms with Gasteiger partial charge in [-0.1, -0.05) is 12.1 Å². The Bertz CT molecular complexity index is 273. The molecule has 0 unspecified atom stereocenters. The molecule has 0 heterocycles. The minimum absolute atomic E-state index is 0.180. The third-order valence-corrected chi connectivity index (χ3v) is 1.39. The lowest BCUT2D eigenvalue weighted by molar-refractivity contribution is 0.475. The first-order valence-corrected chi connectivity index (χ1v) is 3.18. The highest BCUT2D eigenvalue weighted by Gasteiger charge is 2.01. The molecule has 0 aliphatic rings. The number of benzene rings is 1. The highest BCUT2D eigenvalue weighted by molar-refractivity contribution is 5.30. The predicted octanol–water partition coefficient (Wildman–Crippen LogP) is 0.916. The lowest BCUT2D eigenvalue weighted by Crippen LogP contribution is -2.06. The first-order valence-electron chi connectivity index (χ1n) is 3.18. The fourth-order valence-electron chi connectivity index (χ4n) is 0.756. The summed E-state index contributed by atoms with van der Waals surface area (Å²) in [6.45, 7) is 0. The molecule has 0 saturated heterocycles. The van der Waals surface area contributed by atoms with Crippen LogP contribution in [0.15, 0.2) is 24.3 Å². The van der Waals surface area contributed by atoms with E-state index in [0.717, 1.165) is 0 Å². The fraction of sp³-hybridized carbons (Fsp3) is 0.125. The van der Waals surface area contributed by atoms with Gasteiger partial charge < -0.3 is 10.8 Å². The molecule has 0 bridgehead atoms. The van der Waals surface area contributed by atoms with E-state index in [1.165, 1.54) is 12.1 Å². The summed E-state index contributed by atoms with van der Waals surface area (Å²) in [5.74, 6) is 0.180. The Balaban J connectivity index is 2.92. The molecule has 3 N–H and O–H groups in total. The quantitative estimate of drug-likeness (QED) is 0.622. The van der Waals surface area contributed by atoms with Crippen LogP contribution in [-0.4, -0.2) is 5.11 Å². The van der Waals surface area contributed by atoms with E-state index in [1.54, 1.807) is 12.1 Å². The van der Waals surface area contributed by atoms with Crippen molar-refractivity contribution in [1.82, 2.24) is 0 Å². The van der Waals surface area contributed by atoms with Crippen molar-refractivity contribution in [3.63, 3.8) is 0 Å². The Hall–Kier alpha value is -1.53. The van der Waals surface area contributed by atoms with Gasteiger partial charge in [-0.15, -0.1) is 0 Å². The summed E-state index contributed by atoms with van der Waals surface area (Å²) in [6, 6.07) is 7.56. The molecule has 0 fully saturated rings. The molecule has 3 nitrogen and oxygen atoms in total. The number of nitriles is 1. The number of aromatic hydroxyl groups is 1. The number of rotatable bonds is 1. The predicted molar refractivity (Wildman–Crippen MR) is 40.6 cm³/mol. The smallest absolute Gasteiger partial charge is 0.118 e. The Morgan fingerprint density at radius 3 is 2.36 bits per heavy atom. The van der Waals surface area contributed by atoms with Crippen LogP contribution in [0.5, 0.6) is 5.75 Å². The van der Waals surface area contributed by atoms with E-state index in [-0.39, 0.29) is 5.75 Å². The van der Waals surface area contributed by atoms with Crippen molar-refractivity contribution >= 4 is 0 Å². The van der Waals surface area contributed by atoms with Crippen LogP contribution < -0.4 is 5.73 Å². The van der Waals surface area contributed by atoms with E-state index >= 15 is 0 Å². The van der Waals surface area contributed by atoms with Crippen molar-refractivity contribution in [3.8, 4) is 11.8 Å². The Morgan fingerprint density at radius 2 is 1.91 bits per heavy atom. The molecule has 0 aliphatic heterocycles. The van der Waals surface area contributed by atoms with E-state index in [0.29, 0.717) is 5.56 Å². The van der Waals surface area contributed by atoms with Gasteiger partial charge in [-0.2, -0.15) is 5.26 Å². The molecule has 1 atom stereocenters. The highest BCUT2D eigenvalue weighted by Crippen LogP contribution is 2.13. The monoisotopic (exact) mass is 148 g/mol. The SMILES string of the molecule is N#C[C@@H](N)c1ccc(O)cc1. The first kappa shape index (κ1) is 7.58. The zero-order valence-corrected chi connectivity index (χ0v) is 5.86. The lowest BCUT2D eigenvalue weighted by Gasteiger charge is -2.01. The van der Waals surface area contributed by atoms with E-state index in [9.17, 15) is 0 Å². The van der Waals surface area contributed by atoms with Crippen molar-refractivity contribution in [1.29, 1.82) is 5.26 Å². The molecule has 1 aromatic carbocycles. The molecule has 1 rings (SSSR count). The van der Waals surface area contributed by atoms with Crippen molar-refractivity contribution < 1.29 is 5.11 Å². The van der Waals surface area contributed by atoms with Gasteiger partial charge in [0.05, 0.1) is 6.07 Å². The van der Waals surface area contributed by atoms with E-state index in [1.807, 2.05) is 6.07 Å². The van der Waals surface area contributed by atoms with Gasteiger partial charge in [0.25, 0.3) is 0 Å². The second kappa shape index (κ2) is 3.04. The van der Waals surface area contributed by atoms with Gasteiger partial charge in [0.15, 0.2) is 0 Å². The van der Waals surface area contributed by atoms with Gasteiger partial charge in [0.1, 0.15) is 11.8 Å². The summed E-state index contributed by atoms with van der Waals surface area (Å²) in [6.07, 6.45) is 0. The highest BCUT2D eigenvalue weighted by atomic mass is 16.3. The number of nitrogens with two attached hydrogens (primary N) is 1. The number of phenols is 1. The Kier molecular flexibility index (Phi) is 2.09. The topological polar surface area (TPSA) is 70.0 Å². The van der Waals surface area contributed by atoms with Crippen LogP contribution in [0.25, 0.3) is 0 Å². The van der Waals surface area contributed by atoms with Gasteiger partial charge in [0.2, 0.25) is 0 Å². The summed E-state index contributed by atoms with van der Waals surface area (Å²) in [7, 11) is 0. The molecule has 0 spiro atoms. The second-order valence-electron chi connectivity index (χ2n) is 2.20. The molecule has 0 amide bonds. The van der Waals surface area contributed by atoms with Gasteiger partial charge in [0, 0.05) is 0 Å². The van der Waals surface area contributed by atoms with Crippen molar-refractivity contribution in [3.05, 3.63) is 29.8 Å². The molecular formula is C8H8N2O. The zero-order chi connectivity index (χ0) is 8.27. The molecular weight excluding hydrogens is 140 g/mol. The minimum Gasteiger partial charge on any atom is -0.508 e. The molecule has 1 aromatic rings. The summed E-state index contributed by atoms with van der Waals surface area (Å²) >= 11 is 0. The molecule has 0 radical (unpaired) electrons. The molecule has 0 saturated carbocycles. The molecule has 0 aromatic heterocycles. The Morgan fingerprint density at radius 1 is 1.36 bits per heavy atom. The van der Waals surface area contributed by atoms with Crippen LogP contribution in [0.4, 0.5) is 0 Å². The van der Waals surface area contributed by atoms with Gasteiger partial charge in [-0.3, -0.25) is 0 Å². The van der Waals surface area contributed by atoms with Crippen LogP contribution in [0.3, 0.4) is 0 Å². The maximum Gasteiger partial charge on any atom is 0.118 e. The van der Waals surface area contributed by atoms with E-state index in [4.69, 9.17) is 16.1 Å². The van der Waals surface area contributed by atoms with Gasteiger partial charge in [-0.05, 0) is 17.7 Å². The van der Waals surface area contributed by atoms with Crippen LogP contribution in [-0.2, 0) is 0 Å². The summed E-state index contributed by atoms with van der Waals surface area (Å²) in [4.78, 5) is 0. The minimum atomic E-state index is -0.601. The number of hydrogen-bond acceptors (Lipinski definition) is 3.